The normalized spacial score (nSPS) is 12.2. The molecular formula is C12H21N3O2S. The van der Waals surface area contributed by atoms with E-state index in [-0.39, 0.29) is 6.03 Å². The second-order valence-corrected chi connectivity index (χ2v) is 4.97. The zero-order chi connectivity index (χ0) is 13.4. The number of nitrogens with one attached hydrogen (secondary N) is 2. The molecule has 2 N–H and O–H groups in total. The Bertz CT molecular complexity index is 368. The molecule has 1 atom stereocenters. The van der Waals surface area contributed by atoms with Crippen LogP contribution in [0.1, 0.15) is 38.3 Å². The quantitative estimate of drug-likeness (QED) is 0.750. The van der Waals surface area contributed by atoms with Gasteiger partial charge in [-0.25, -0.2) is 9.78 Å². The number of urea groups is 1. The standard InChI is InChI=1S/C12H21N3O2S/c1-4-9(2)10-8-18-12(14-10)15-11(16)13-6-5-7-17-3/h8-9H,4-7H2,1-3H3,(H2,13,14,15,16)/t9-/m1/s1. The van der Waals surface area contributed by atoms with Gasteiger partial charge >= 0.3 is 6.03 Å². The molecule has 0 fully saturated rings. The van der Waals surface area contributed by atoms with E-state index in [2.05, 4.69) is 29.5 Å². The molecule has 18 heavy (non-hydrogen) atoms. The Morgan fingerprint density at radius 1 is 1.61 bits per heavy atom. The maximum Gasteiger partial charge on any atom is 0.321 e. The topological polar surface area (TPSA) is 63.2 Å². The summed E-state index contributed by atoms with van der Waals surface area (Å²) in [6, 6.07) is -0.212. The number of aromatic nitrogens is 1. The van der Waals surface area contributed by atoms with Crippen molar-refractivity contribution in [2.24, 2.45) is 0 Å². The van der Waals surface area contributed by atoms with Gasteiger partial charge in [0.05, 0.1) is 5.69 Å². The van der Waals surface area contributed by atoms with E-state index in [0.717, 1.165) is 18.5 Å². The lowest BCUT2D eigenvalue weighted by Crippen LogP contribution is -2.30. The van der Waals surface area contributed by atoms with E-state index in [0.29, 0.717) is 24.2 Å². The third kappa shape index (κ3) is 5.01. The fourth-order valence-electron chi connectivity index (χ4n) is 1.34. The minimum absolute atomic E-state index is 0.212. The van der Waals surface area contributed by atoms with Crippen LogP contribution in [0.3, 0.4) is 0 Å². The van der Waals surface area contributed by atoms with Gasteiger partial charge < -0.3 is 10.1 Å². The average molecular weight is 271 g/mol. The maximum absolute atomic E-state index is 11.5. The van der Waals surface area contributed by atoms with Crippen LogP contribution in [0.4, 0.5) is 9.93 Å². The Kier molecular flexibility index (Phi) is 6.67. The van der Waals surface area contributed by atoms with Crippen LogP contribution in [0.5, 0.6) is 0 Å². The van der Waals surface area contributed by atoms with Crippen molar-refractivity contribution in [2.75, 3.05) is 25.6 Å². The molecule has 0 saturated heterocycles. The molecule has 1 aromatic rings. The van der Waals surface area contributed by atoms with Crippen LogP contribution in [-0.2, 0) is 4.74 Å². The van der Waals surface area contributed by atoms with Gasteiger partial charge in [0.15, 0.2) is 5.13 Å². The lowest BCUT2D eigenvalue weighted by atomic mass is 10.1. The second-order valence-electron chi connectivity index (χ2n) is 4.11. The maximum atomic E-state index is 11.5. The smallest absolute Gasteiger partial charge is 0.321 e. The first-order chi connectivity index (χ1) is 8.67. The highest BCUT2D eigenvalue weighted by molar-refractivity contribution is 7.13. The van der Waals surface area contributed by atoms with Crippen molar-refractivity contribution in [3.05, 3.63) is 11.1 Å². The van der Waals surface area contributed by atoms with Crippen LogP contribution in [-0.4, -0.2) is 31.3 Å². The highest BCUT2D eigenvalue weighted by Gasteiger charge is 2.09. The van der Waals surface area contributed by atoms with Crippen LogP contribution in [0, 0.1) is 0 Å². The van der Waals surface area contributed by atoms with Crippen LogP contribution >= 0.6 is 11.3 Å². The average Bonchev–Trinajstić information content (AvgIpc) is 2.82. The Labute approximate surface area is 112 Å². The molecular weight excluding hydrogens is 250 g/mol. The molecule has 0 unspecified atom stereocenters. The number of thiazole rings is 1. The number of hydrogen-bond acceptors (Lipinski definition) is 4. The first-order valence-electron chi connectivity index (χ1n) is 6.16. The van der Waals surface area contributed by atoms with Gasteiger partial charge in [0.25, 0.3) is 0 Å². The zero-order valence-corrected chi connectivity index (χ0v) is 12.0. The minimum atomic E-state index is -0.212. The summed E-state index contributed by atoms with van der Waals surface area (Å²) in [4.78, 5) is 15.9. The van der Waals surface area contributed by atoms with Crippen molar-refractivity contribution in [1.29, 1.82) is 0 Å². The summed E-state index contributed by atoms with van der Waals surface area (Å²) >= 11 is 1.46. The summed E-state index contributed by atoms with van der Waals surface area (Å²) in [7, 11) is 1.64. The number of carbonyl (C=O) groups is 1. The molecule has 0 spiro atoms. The van der Waals surface area contributed by atoms with Gasteiger partial charge in [-0.2, -0.15) is 0 Å². The van der Waals surface area contributed by atoms with Gasteiger partial charge in [0, 0.05) is 25.6 Å². The molecule has 1 rings (SSSR count). The molecule has 1 heterocycles. The van der Waals surface area contributed by atoms with Crippen LogP contribution in [0.2, 0.25) is 0 Å². The summed E-state index contributed by atoms with van der Waals surface area (Å²) in [6.45, 7) is 5.50. The zero-order valence-electron chi connectivity index (χ0n) is 11.2. The predicted octanol–water partition coefficient (Wildman–Crippen LogP) is 2.81. The van der Waals surface area contributed by atoms with E-state index in [1.54, 1.807) is 7.11 Å². The van der Waals surface area contributed by atoms with Gasteiger partial charge in [0.1, 0.15) is 0 Å². The van der Waals surface area contributed by atoms with E-state index in [1.807, 2.05) is 5.38 Å². The molecule has 6 heteroatoms. The number of ether oxygens (including phenoxy) is 1. The summed E-state index contributed by atoms with van der Waals surface area (Å²) in [6.07, 6.45) is 1.85. The van der Waals surface area contributed by atoms with E-state index in [4.69, 9.17) is 4.74 Å². The van der Waals surface area contributed by atoms with E-state index < -0.39 is 0 Å². The Morgan fingerprint density at radius 3 is 3.06 bits per heavy atom. The summed E-state index contributed by atoms with van der Waals surface area (Å²) in [5, 5.41) is 8.13. The van der Waals surface area contributed by atoms with Gasteiger partial charge in [-0.1, -0.05) is 13.8 Å². The minimum Gasteiger partial charge on any atom is -0.385 e. The third-order valence-electron chi connectivity index (χ3n) is 2.67. The van der Waals surface area contributed by atoms with Crippen molar-refractivity contribution in [3.8, 4) is 0 Å². The fraction of sp³-hybridized carbons (Fsp3) is 0.667. The van der Waals surface area contributed by atoms with Crippen molar-refractivity contribution in [3.63, 3.8) is 0 Å². The van der Waals surface area contributed by atoms with Crippen LogP contribution < -0.4 is 10.6 Å². The summed E-state index contributed by atoms with van der Waals surface area (Å²) in [5.74, 6) is 0.432. The van der Waals surface area contributed by atoms with E-state index in [1.165, 1.54) is 11.3 Å². The molecule has 0 bridgehead atoms. The lowest BCUT2D eigenvalue weighted by molar-refractivity contribution is 0.194. The van der Waals surface area contributed by atoms with Crippen molar-refractivity contribution in [1.82, 2.24) is 10.3 Å². The van der Waals surface area contributed by atoms with Gasteiger partial charge in [-0.05, 0) is 18.8 Å². The molecule has 5 nitrogen and oxygen atoms in total. The number of carbonyl (C=O) groups excluding carboxylic acids is 1. The first-order valence-corrected chi connectivity index (χ1v) is 7.04. The number of anilines is 1. The fourth-order valence-corrected chi connectivity index (χ4v) is 2.17. The highest BCUT2D eigenvalue weighted by Crippen LogP contribution is 2.23. The number of nitrogens with zero attached hydrogens (tertiary/aromatic N) is 1. The number of methoxy groups -OCH3 is 1. The summed E-state index contributed by atoms with van der Waals surface area (Å²) in [5.41, 5.74) is 1.04. The number of rotatable bonds is 7. The van der Waals surface area contributed by atoms with Crippen LogP contribution in [0.15, 0.2) is 5.38 Å². The van der Waals surface area contributed by atoms with E-state index >= 15 is 0 Å². The molecule has 0 radical (unpaired) electrons. The van der Waals surface area contributed by atoms with Gasteiger partial charge in [-0.15, -0.1) is 11.3 Å². The van der Waals surface area contributed by atoms with Gasteiger partial charge in [-0.3, -0.25) is 5.32 Å². The highest BCUT2D eigenvalue weighted by atomic mass is 32.1. The largest absolute Gasteiger partial charge is 0.385 e. The van der Waals surface area contributed by atoms with E-state index in [9.17, 15) is 4.79 Å². The Balaban J connectivity index is 2.33. The summed E-state index contributed by atoms with van der Waals surface area (Å²) < 4.78 is 4.90. The molecule has 0 aromatic carbocycles. The third-order valence-corrected chi connectivity index (χ3v) is 3.45. The molecule has 0 aliphatic carbocycles. The number of hydrogen-bond donors (Lipinski definition) is 2. The SMILES string of the molecule is CC[C@@H](C)c1csc(NC(=O)NCCCOC)n1. The number of amides is 2. The molecule has 0 aliphatic heterocycles. The molecule has 1 aromatic heterocycles. The Hall–Kier alpha value is -1.14. The molecule has 2 amide bonds. The lowest BCUT2D eigenvalue weighted by Gasteiger charge is -2.05. The second kappa shape index (κ2) is 8.05. The predicted molar refractivity (Wildman–Crippen MR) is 74.3 cm³/mol. The van der Waals surface area contributed by atoms with Gasteiger partial charge in [0.2, 0.25) is 0 Å². The molecule has 0 saturated carbocycles. The monoisotopic (exact) mass is 271 g/mol. The molecule has 0 aliphatic rings. The Morgan fingerprint density at radius 2 is 2.39 bits per heavy atom. The molecule has 102 valence electrons. The van der Waals surface area contributed by atoms with Crippen LogP contribution in [0.25, 0.3) is 0 Å². The van der Waals surface area contributed by atoms with Crippen molar-refractivity contribution < 1.29 is 9.53 Å². The van der Waals surface area contributed by atoms with Crippen molar-refractivity contribution >= 4 is 22.5 Å². The first kappa shape index (κ1) is 14.9. The van der Waals surface area contributed by atoms with Crippen molar-refractivity contribution in [2.45, 2.75) is 32.6 Å².